The molecule has 1 aromatic rings. The maximum atomic E-state index is 3.55. The maximum Gasteiger partial charge on any atom is 0.00790 e. The Kier molecular flexibility index (Phi) is 1.50. The zero-order valence-electron chi connectivity index (χ0n) is 7.79. The number of benzene rings is 1. The molecule has 1 nitrogen and oxygen atoms in total. The van der Waals surface area contributed by atoms with E-state index in [-0.39, 0.29) is 0 Å². The van der Waals surface area contributed by atoms with Gasteiger partial charge in [0.15, 0.2) is 0 Å². The molecule has 68 valence electrons. The van der Waals surface area contributed by atoms with Gasteiger partial charge in [0.25, 0.3) is 0 Å². The van der Waals surface area contributed by atoms with E-state index in [1.165, 1.54) is 31.4 Å². The highest BCUT2D eigenvalue weighted by molar-refractivity contribution is 5.20. The largest absolute Gasteiger partial charge is 0.313 e. The van der Waals surface area contributed by atoms with Gasteiger partial charge in [-0.25, -0.2) is 0 Å². The van der Waals surface area contributed by atoms with Crippen molar-refractivity contribution in [1.82, 2.24) is 5.32 Å². The van der Waals surface area contributed by atoms with Crippen LogP contribution in [0.5, 0.6) is 0 Å². The summed E-state index contributed by atoms with van der Waals surface area (Å²) in [4.78, 5) is 0. The van der Waals surface area contributed by atoms with Gasteiger partial charge in [0, 0.05) is 12.6 Å². The van der Waals surface area contributed by atoms with Crippen molar-refractivity contribution >= 4 is 0 Å². The van der Waals surface area contributed by atoms with Crippen LogP contribution in [0.3, 0.4) is 0 Å². The Balaban J connectivity index is 1.76. The molecule has 1 saturated carbocycles. The summed E-state index contributed by atoms with van der Waals surface area (Å²) in [6, 6.07) is 11.7. The van der Waals surface area contributed by atoms with Crippen molar-refractivity contribution in [2.45, 2.75) is 25.3 Å². The molecule has 2 saturated heterocycles. The van der Waals surface area contributed by atoms with Crippen molar-refractivity contribution < 1.29 is 0 Å². The third-order valence-corrected chi connectivity index (χ3v) is 3.55. The van der Waals surface area contributed by atoms with E-state index in [1.807, 2.05) is 0 Å². The molecule has 1 aromatic carbocycles. The molecule has 0 unspecified atom stereocenters. The molecular formula is C12H15N. The first-order chi connectivity index (χ1) is 6.36. The smallest absolute Gasteiger partial charge is 0.00790 e. The first-order valence-electron chi connectivity index (χ1n) is 5.14. The Labute approximate surface area is 79.2 Å². The summed E-state index contributed by atoms with van der Waals surface area (Å²) in [6.45, 7) is 1.24. The Morgan fingerprint density at radius 2 is 2.00 bits per heavy atom. The Hall–Kier alpha value is -0.820. The quantitative estimate of drug-likeness (QED) is 0.721. The normalized spacial score (nSPS) is 35.8. The first-order valence-corrected chi connectivity index (χ1v) is 5.14. The highest BCUT2D eigenvalue weighted by Crippen LogP contribution is 2.48. The zero-order chi connectivity index (χ0) is 8.73. The molecule has 2 heterocycles. The molecule has 3 aliphatic rings. The van der Waals surface area contributed by atoms with E-state index in [1.54, 1.807) is 0 Å². The molecule has 13 heavy (non-hydrogen) atoms. The summed E-state index contributed by atoms with van der Waals surface area (Å²) in [5, 5.41) is 3.55. The van der Waals surface area contributed by atoms with Crippen molar-refractivity contribution in [1.29, 1.82) is 0 Å². The van der Waals surface area contributed by atoms with Crippen molar-refractivity contribution in [3.63, 3.8) is 0 Å². The fourth-order valence-electron chi connectivity index (χ4n) is 2.87. The average Bonchev–Trinajstić information content (AvgIpc) is 2.65. The lowest BCUT2D eigenvalue weighted by Gasteiger charge is -2.37. The minimum Gasteiger partial charge on any atom is -0.313 e. The van der Waals surface area contributed by atoms with E-state index in [0.29, 0.717) is 5.41 Å². The van der Waals surface area contributed by atoms with Crippen molar-refractivity contribution in [2.75, 3.05) is 6.54 Å². The van der Waals surface area contributed by atoms with Crippen molar-refractivity contribution in [2.24, 2.45) is 5.41 Å². The summed E-state index contributed by atoms with van der Waals surface area (Å²) in [7, 11) is 0. The summed E-state index contributed by atoms with van der Waals surface area (Å²) in [6.07, 6.45) is 4.08. The fourth-order valence-corrected chi connectivity index (χ4v) is 2.87. The van der Waals surface area contributed by atoms with Crippen molar-refractivity contribution in [3.8, 4) is 0 Å². The van der Waals surface area contributed by atoms with Crippen LogP contribution in [0.4, 0.5) is 0 Å². The number of fused-ring (bicyclic) bond motifs is 1. The number of nitrogens with one attached hydrogen (secondary N) is 1. The van der Waals surface area contributed by atoms with Crippen LogP contribution in [0.15, 0.2) is 30.3 Å². The minimum absolute atomic E-state index is 0.631. The van der Waals surface area contributed by atoms with Gasteiger partial charge in [-0.3, -0.25) is 0 Å². The lowest BCUT2D eigenvalue weighted by Crippen LogP contribution is -2.35. The SMILES string of the molecule is c1ccc(CC23CNC(C2)C3)cc1. The van der Waals surface area contributed by atoms with E-state index >= 15 is 0 Å². The van der Waals surface area contributed by atoms with E-state index < -0.39 is 0 Å². The van der Waals surface area contributed by atoms with Crippen LogP contribution in [0, 0.1) is 5.41 Å². The molecule has 0 radical (unpaired) electrons. The molecule has 0 amide bonds. The van der Waals surface area contributed by atoms with Crippen molar-refractivity contribution in [3.05, 3.63) is 35.9 Å². The number of rotatable bonds is 2. The maximum absolute atomic E-state index is 3.55. The van der Waals surface area contributed by atoms with E-state index in [0.717, 1.165) is 6.04 Å². The van der Waals surface area contributed by atoms with Crippen LogP contribution in [0.25, 0.3) is 0 Å². The standard InChI is InChI=1S/C12H15N/c1-2-4-10(5-3-1)6-12-7-11(8-12)13-9-12/h1-5,11,13H,6-9H2. The second-order valence-corrected chi connectivity index (χ2v) is 4.65. The third kappa shape index (κ3) is 1.19. The molecule has 0 aromatic heterocycles. The molecule has 0 atom stereocenters. The highest BCUT2D eigenvalue weighted by Gasteiger charge is 2.49. The van der Waals surface area contributed by atoms with Gasteiger partial charge in [-0.05, 0) is 30.2 Å². The molecule has 1 N–H and O–H groups in total. The van der Waals surface area contributed by atoms with Gasteiger partial charge in [-0.15, -0.1) is 0 Å². The van der Waals surface area contributed by atoms with Gasteiger partial charge in [0.2, 0.25) is 0 Å². The average molecular weight is 173 g/mol. The van der Waals surface area contributed by atoms with Gasteiger partial charge in [-0.1, -0.05) is 30.3 Å². The lowest BCUT2D eigenvalue weighted by molar-refractivity contribution is 0.196. The third-order valence-electron chi connectivity index (χ3n) is 3.55. The van der Waals surface area contributed by atoms with Gasteiger partial charge in [0.05, 0.1) is 0 Å². The van der Waals surface area contributed by atoms with Gasteiger partial charge < -0.3 is 5.32 Å². The molecule has 1 aliphatic carbocycles. The fraction of sp³-hybridized carbons (Fsp3) is 0.500. The van der Waals surface area contributed by atoms with E-state index in [9.17, 15) is 0 Å². The predicted octanol–water partition coefficient (Wildman–Crippen LogP) is 1.98. The van der Waals surface area contributed by atoms with E-state index in [4.69, 9.17) is 0 Å². The molecule has 1 heteroatoms. The number of hydrogen-bond acceptors (Lipinski definition) is 1. The topological polar surface area (TPSA) is 12.0 Å². The second-order valence-electron chi connectivity index (χ2n) is 4.65. The Morgan fingerprint density at radius 1 is 1.23 bits per heavy atom. The van der Waals surface area contributed by atoms with Crippen LogP contribution < -0.4 is 5.32 Å². The van der Waals surface area contributed by atoms with Crippen LogP contribution in [-0.2, 0) is 6.42 Å². The highest BCUT2D eigenvalue weighted by atomic mass is 15.0. The molecule has 2 bridgehead atoms. The molecule has 0 spiro atoms. The Morgan fingerprint density at radius 3 is 2.62 bits per heavy atom. The summed E-state index contributed by atoms with van der Waals surface area (Å²) >= 11 is 0. The lowest BCUT2D eigenvalue weighted by atomic mass is 9.67. The monoisotopic (exact) mass is 173 g/mol. The molecule has 4 rings (SSSR count). The van der Waals surface area contributed by atoms with Gasteiger partial charge in [0.1, 0.15) is 0 Å². The van der Waals surface area contributed by atoms with E-state index in [2.05, 4.69) is 35.6 Å². The van der Waals surface area contributed by atoms with Gasteiger partial charge in [-0.2, -0.15) is 0 Å². The zero-order valence-corrected chi connectivity index (χ0v) is 7.79. The van der Waals surface area contributed by atoms with Crippen LogP contribution >= 0.6 is 0 Å². The van der Waals surface area contributed by atoms with Crippen LogP contribution in [0.1, 0.15) is 18.4 Å². The van der Waals surface area contributed by atoms with Crippen LogP contribution in [-0.4, -0.2) is 12.6 Å². The predicted molar refractivity (Wildman–Crippen MR) is 53.6 cm³/mol. The summed E-state index contributed by atoms with van der Waals surface area (Å²) in [5.74, 6) is 0. The Bertz CT molecular complexity index is 293. The van der Waals surface area contributed by atoms with Crippen LogP contribution in [0.2, 0.25) is 0 Å². The molecular weight excluding hydrogens is 158 g/mol. The second kappa shape index (κ2) is 2.58. The molecule has 2 aliphatic heterocycles. The number of hydrogen-bond donors (Lipinski definition) is 1. The summed E-state index contributed by atoms with van der Waals surface area (Å²) < 4.78 is 0. The molecule has 3 fully saturated rings. The first kappa shape index (κ1) is 7.57. The van der Waals surface area contributed by atoms with Gasteiger partial charge >= 0.3 is 0 Å². The minimum atomic E-state index is 0.631. The summed E-state index contributed by atoms with van der Waals surface area (Å²) in [5.41, 5.74) is 2.14.